The van der Waals surface area contributed by atoms with Crippen LogP contribution in [0.4, 0.5) is 5.95 Å². The minimum Gasteiger partial charge on any atom is -0.467 e. The quantitative estimate of drug-likeness (QED) is 0.865. The zero-order valence-corrected chi connectivity index (χ0v) is 10.5. The second-order valence-corrected chi connectivity index (χ2v) is 4.17. The van der Waals surface area contributed by atoms with E-state index in [1.165, 1.54) is 7.11 Å². The van der Waals surface area contributed by atoms with Gasteiger partial charge >= 0.3 is 6.01 Å². The first-order chi connectivity index (χ1) is 8.31. The predicted octanol–water partition coefficient (Wildman–Crippen LogP) is 1.36. The van der Waals surface area contributed by atoms with E-state index in [1.807, 2.05) is 12.3 Å². The molecule has 0 radical (unpaired) electrons. The van der Waals surface area contributed by atoms with Gasteiger partial charge in [0, 0.05) is 18.1 Å². The molecule has 2 rings (SSSR count). The highest BCUT2D eigenvalue weighted by atomic mass is 32.1. The van der Waals surface area contributed by atoms with Gasteiger partial charge in [0.25, 0.3) is 0 Å². The molecule has 0 unspecified atom stereocenters. The molecule has 0 aliphatic rings. The summed E-state index contributed by atoms with van der Waals surface area (Å²) in [5.41, 5.74) is 0. The van der Waals surface area contributed by atoms with E-state index in [4.69, 9.17) is 4.74 Å². The first-order valence-corrected chi connectivity index (χ1v) is 6.11. The summed E-state index contributed by atoms with van der Waals surface area (Å²) in [5.74, 6) is 1.19. The Balaban J connectivity index is 2.23. The summed E-state index contributed by atoms with van der Waals surface area (Å²) in [5, 5.41) is 5.95. The van der Waals surface area contributed by atoms with Crippen molar-refractivity contribution in [2.24, 2.45) is 0 Å². The van der Waals surface area contributed by atoms with E-state index >= 15 is 0 Å². The molecule has 6 nitrogen and oxygen atoms in total. The molecule has 2 heterocycles. The van der Waals surface area contributed by atoms with Crippen LogP contribution in [0.15, 0.2) is 11.6 Å². The van der Waals surface area contributed by atoms with Crippen molar-refractivity contribution in [3.05, 3.63) is 22.4 Å². The maximum Gasteiger partial charge on any atom is 0.321 e. The molecule has 0 aliphatic heterocycles. The van der Waals surface area contributed by atoms with Crippen molar-refractivity contribution in [1.82, 2.24) is 19.9 Å². The summed E-state index contributed by atoms with van der Waals surface area (Å²) in [6.07, 6.45) is 2.36. The maximum atomic E-state index is 5.04. The van der Waals surface area contributed by atoms with E-state index in [0.717, 1.165) is 11.6 Å². The molecule has 0 bridgehead atoms. The van der Waals surface area contributed by atoms with Gasteiger partial charge in [0.2, 0.25) is 5.95 Å². The smallest absolute Gasteiger partial charge is 0.321 e. The van der Waals surface area contributed by atoms with Crippen LogP contribution in [0.5, 0.6) is 6.01 Å². The van der Waals surface area contributed by atoms with Gasteiger partial charge in [-0.25, -0.2) is 4.98 Å². The lowest BCUT2D eigenvalue weighted by Gasteiger charge is -2.05. The lowest BCUT2D eigenvalue weighted by molar-refractivity contribution is 0.377. The summed E-state index contributed by atoms with van der Waals surface area (Å²) in [6.45, 7) is 2.74. The molecule has 0 saturated heterocycles. The van der Waals surface area contributed by atoms with Crippen LogP contribution in [0.25, 0.3) is 0 Å². The van der Waals surface area contributed by atoms with Gasteiger partial charge in [-0.1, -0.05) is 0 Å². The van der Waals surface area contributed by atoms with Crippen LogP contribution in [0.1, 0.15) is 17.8 Å². The van der Waals surface area contributed by atoms with Crippen molar-refractivity contribution in [2.75, 3.05) is 19.0 Å². The monoisotopic (exact) mass is 251 g/mol. The van der Waals surface area contributed by atoms with E-state index < -0.39 is 0 Å². The highest BCUT2D eigenvalue weighted by Gasteiger charge is 2.08. The fourth-order valence-corrected chi connectivity index (χ4v) is 1.89. The summed E-state index contributed by atoms with van der Waals surface area (Å²) in [6, 6.07) is 0.322. The van der Waals surface area contributed by atoms with Crippen LogP contribution < -0.4 is 10.1 Å². The molecule has 0 aromatic carbocycles. The summed E-state index contributed by atoms with van der Waals surface area (Å²) >= 11 is 1.58. The number of thiazole rings is 1. The fourth-order valence-electron chi connectivity index (χ4n) is 1.28. The zero-order chi connectivity index (χ0) is 12.1. The molecule has 2 aromatic rings. The third-order valence-electron chi connectivity index (χ3n) is 1.97. The number of methoxy groups -OCH3 is 1. The molecule has 0 amide bonds. The highest BCUT2D eigenvalue weighted by Crippen LogP contribution is 2.12. The molecule has 0 aliphatic carbocycles. The number of aromatic nitrogens is 4. The molecule has 17 heavy (non-hydrogen) atoms. The van der Waals surface area contributed by atoms with Crippen molar-refractivity contribution in [2.45, 2.75) is 13.3 Å². The summed E-state index contributed by atoms with van der Waals surface area (Å²) in [4.78, 5) is 16.8. The van der Waals surface area contributed by atoms with E-state index in [2.05, 4.69) is 25.3 Å². The van der Waals surface area contributed by atoms with E-state index in [9.17, 15) is 0 Å². The summed E-state index contributed by atoms with van der Waals surface area (Å²) in [7, 11) is 1.54. The van der Waals surface area contributed by atoms with Gasteiger partial charge in [-0.15, -0.1) is 11.3 Å². The van der Waals surface area contributed by atoms with Crippen molar-refractivity contribution in [3.63, 3.8) is 0 Å². The third-order valence-corrected chi connectivity index (χ3v) is 2.75. The molecule has 0 saturated carbocycles. The number of nitrogens with one attached hydrogen (secondary N) is 1. The normalized spacial score (nSPS) is 10.2. The largest absolute Gasteiger partial charge is 0.467 e. The van der Waals surface area contributed by atoms with Crippen molar-refractivity contribution < 1.29 is 4.74 Å². The van der Waals surface area contributed by atoms with Crippen molar-refractivity contribution in [1.29, 1.82) is 0 Å². The van der Waals surface area contributed by atoms with Crippen molar-refractivity contribution >= 4 is 17.3 Å². The molecule has 90 valence electrons. The Kier molecular flexibility index (Phi) is 3.81. The number of hydrogen-bond acceptors (Lipinski definition) is 7. The highest BCUT2D eigenvalue weighted by molar-refractivity contribution is 7.09. The molecule has 0 spiro atoms. The second-order valence-electron chi connectivity index (χ2n) is 3.19. The van der Waals surface area contributed by atoms with Gasteiger partial charge in [0.15, 0.2) is 0 Å². The van der Waals surface area contributed by atoms with Gasteiger partial charge in [-0.2, -0.15) is 15.0 Å². The topological polar surface area (TPSA) is 72.8 Å². The van der Waals surface area contributed by atoms with Crippen LogP contribution in [0, 0.1) is 0 Å². The molecule has 1 N–H and O–H groups in total. The molecular formula is C10H13N5OS. The van der Waals surface area contributed by atoms with E-state index in [-0.39, 0.29) is 0 Å². The van der Waals surface area contributed by atoms with Gasteiger partial charge in [-0.05, 0) is 6.92 Å². The number of anilines is 1. The average molecular weight is 251 g/mol. The van der Waals surface area contributed by atoms with Gasteiger partial charge in [0.05, 0.1) is 13.5 Å². The fraction of sp³-hybridized carbons (Fsp3) is 0.400. The zero-order valence-electron chi connectivity index (χ0n) is 9.67. The number of nitrogens with zero attached hydrogens (tertiary/aromatic N) is 4. The van der Waals surface area contributed by atoms with Gasteiger partial charge in [0.1, 0.15) is 10.8 Å². The number of hydrogen-bond donors (Lipinski definition) is 1. The van der Waals surface area contributed by atoms with Crippen LogP contribution in [0.3, 0.4) is 0 Å². The third kappa shape index (κ3) is 3.10. The Morgan fingerprint density at radius 1 is 1.35 bits per heavy atom. The minimum absolute atomic E-state index is 0.322. The van der Waals surface area contributed by atoms with Crippen LogP contribution in [0.2, 0.25) is 0 Å². The minimum atomic E-state index is 0.322. The Hall–Kier alpha value is -1.76. The van der Waals surface area contributed by atoms with Gasteiger partial charge < -0.3 is 10.1 Å². The standard InChI is InChI=1S/C10H13N5OS/c1-3-11-9-13-7(14-10(15-9)16-2)6-8-12-4-5-17-8/h4-5H,3,6H2,1-2H3,(H,11,13,14,15). The van der Waals surface area contributed by atoms with E-state index in [1.54, 1.807) is 17.5 Å². The van der Waals surface area contributed by atoms with Crippen molar-refractivity contribution in [3.8, 4) is 6.01 Å². The Bertz CT molecular complexity index is 474. The van der Waals surface area contributed by atoms with Gasteiger partial charge in [-0.3, -0.25) is 0 Å². The lowest BCUT2D eigenvalue weighted by Crippen LogP contribution is -2.08. The van der Waals surface area contributed by atoms with Crippen LogP contribution in [-0.4, -0.2) is 33.6 Å². The van der Waals surface area contributed by atoms with Crippen LogP contribution in [-0.2, 0) is 6.42 Å². The second kappa shape index (κ2) is 5.53. The first kappa shape index (κ1) is 11.7. The molecule has 7 heteroatoms. The molecular weight excluding hydrogens is 238 g/mol. The Morgan fingerprint density at radius 3 is 2.88 bits per heavy atom. The Labute approximate surface area is 103 Å². The molecule has 0 fully saturated rings. The first-order valence-electron chi connectivity index (χ1n) is 5.23. The molecule has 0 atom stereocenters. The number of ether oxygens (including phenoxy) is 1. The predicted molar refractivity (Wildman–Crippen MR) is 65.5 cm³/mol. The average Bonchev–Trinajstić information content (AvgIpc) is 2.82. The Morgan fingerprint density at radius 2 is 2.24 bits per heavy atom. The maximum absolute atomic E-state index is 5.04. The lowest BCUT2D eigenvalue weighted by atomic mass is 10.4. The molecule has 2 aromatic heterocycles. The SMILES string of the molecule is CCNc1nc(Cc2nccs2)nc(OC)n1. The number of rotatable bonds is 5. The van der Waals surface area contributed by atoms with E-state index in [0.29, 0.717) is 24.2 Å². The summed E-state index contributed by atoms with van der Waals surface area (Å²) < 4.78 is 5.04. The van der Waals surface area contributed by atoms with Crippen LogP contribution >= 0.6 is 11.3 Å².